The van der Waals surface area contributed by atoms with Crippen LogP contribution >= 0.6 is 0 Å². The highest BCUT2D eigenvalue weighted by Gasteiger charge is 2.53. The molecule has 3 heterocycles. The van der Waals surface area contributed by atoms with E-state index in [9.17, 15) is 0 Å². The lowest BCUT2D eigenvalue weighted by atomic mass is 10.2. The van der Waals surface area contributed by atoms with E-state index in [4.69, 9.17) is 53.7 Å². The minimum atomic E-state index is -3.42. The summed E-state index contributed by atoms with van der Waals surface area (Å²) in [6.07, 6.45) is 0.908. The molecular formula is C22H49NO12Si3. The highest BCUT2D eigenvalue weighted by molar-refractivity contribution is 6.60. The molecule has 38 heavy (non-hydrogen) atoms. The summed E-state index contributed by atoms with van der Waals surface area (Å²) in [7, 11) is 2.61. The third-order valence-electron chi connectivity index (χ3n) is 6.67. The van der Waals surface area contributed by atoms with Crippen LogP contribution in [-0.4, -0.2) is 146 Å². The lowest BCUT2D eigenvalue weighted by Crippen LogP contribution is -2.64. The Balaban J connectivity index is 1.87. The van der Waals surface area contributed by atoms with Gasteiger partial charge in [0, 0.05) is 94.7 Å². The highest BCUT2D eigenvalue weighted by Crippen LogP contribution is 2.26. The monoisotopic (exact) mass is 603 g/mol. The van der Waals surface area contributed by atoms with Crippen molar-refractivity contribution in [2.75, 3.05) is 95.8 Å². The van der Waals surface area contributed by atoms with Crippen molar-refractivity contribution in [2.24, 2.45) is 0 Å². The highest BCUT2D eigenvalue weighted by atomic mass is 28.4. The van der Waals surface area contributed by atoms with Crippen LogP contribution in [0.4, 0.5) is 0 Å². The van der Waals surface area contributed by atoms with Crippen LogP contribution in [0.1, 0.15) is 19.8 Å². The van der Waals surface area contributed by atoms with Crippen molar-refractivity contribution in [3.05, 3.63) is 0 Å². The van der Waals surface area contributed by atoms with Gasteiger partial charge in [0.15, 0.2) is 0 Å². The summed E-state index contributed by atoms with van der Waals surface area (Å²) in [5, 5.41) is 0. The van der Waals surface area contributed by atoms with Gasteiger partial charge in [-0.15, -0.1) is 0 Å². The molecular weight excluding hydrogens is 554 g/mol. The molecule has 0 radical (unpaired) electrons. The van der Waals surface area contributed by atoms with Crippen LogP contribution in [0.25, 0.3) is 0 Å². The van der Waals surface area contributed by atoms with E-state index in [1.54, 1.807) is 49.8 Å². The molecule has 0 N–H and O–H groups in total. The van der Waals surface area contributed by atoms with E-state index in [-0.39, 0.29) is 18.3 Å². The molecule has 3 aliphatic heterocycles. The van der Waals surface area contributed by atoms with E-state index in [0.717, 1.165) is 19.4 Å². The second-order valence-electron chi connectivity index (χ2n) is 9.28. The maximum atomic E-state index is 6.37. The van der Waals surface area contributed by atoms with Crippen LogP contribution in [0.5, 0.6) is 0 Å². The second kappa shape index (κ2) is 17.2. The van der Waals surface area contributed by atoms with Gasteiger partial charge in [0.2, 0.25) is 0 Å². The summed E-state index contributed by atoms with van der Waals surface area (Å²) in [6, 6.07) is 1.34. The summed E-state index contributed by atoms with van der Waals surface area (Å²) < 4.78 is 69.5. The maximum absolute atomic E-state index is 6.37. The zero-order valence-corrected chi connectivity index (χ0v) is 27.4. The summed E-state index contributed by atoms with van der Waals surface area (Å²) in [6.45, 7) is 5.95. The Bertz CT molecular complexity index is 588. The van der Waals surface area contributed by atoms with Gasteiger partial charge in [0.05, 0.1) is 31.5 Å². The van der Waals surface area contributed by atoms with Crippen LogP contribution in [0.15, 0.2) is 0 Å². The molecule has 0 aromatic carbocycles. The third-order valence-corrected chi connectivity index (χ3v) is 14.8. The molecule has 13 nitrogen and oxygen atoms in total. The van der Waals surface area contributed by atoms with Crippen LogP contribution < -0.4 is 0 Å². The summed E-state index contributed by atoms with van der Waals surface area (Å²) in [5.41, 5.74) is 0. The fourth-order valence-corrected chi connectivity index (χ4v) is 10.2. The first-order valence-electron chi connectivity index (χ1n) is 13.0. The SMILES string of the molecule is CO[Si](CCCOCC1CN2CC(C)O[Si](OC)(O1)OC(COCCC[Si](OC)(OC)OC)C2)(OC)OC. The van der Waals surface area contributed by atoms with Crippen LogP contribution in [-0.2, 0) is 53.7 Å². The Kier molecular flexibility index (Phi) is 15.5. The molecule has 3 rings (SSSR count). The Hall–Kier alpha value is 0.131. The molecule has 0 amide bonds. The van der Waals surface area contributed by atoms with Gasteiger partial charge in [-0.1, -0.05) is 0 Å². The maximum Gasteiger partial charge on any atom is 0.680 e. The van der Waals surface area contributed by atoms with Gasteiger partial charge in [-0.2, -0.15) is 0 Å². The Morgan fingerprint density at radius 2 is 1.08 bits per heavy atom. The molecule has 3 fully saturated rings. The first kappa shape index (κ1) is 34.3. The lowest BCUT2D eigenvalue weighted by molar-refractivity contribution is -0.150. The van der Waals surface area contributed by atoms with Crippen molar-refractivity contribution >= 4 is 26.7 Å². The number of nitrogens with zero attached hydrogens (tertiary/aromatic N) is 1. The number of ether oxygens (including phenoxy) is 2. The molecule has 3 atom stereocenters. The minimum absolute atomic E-state index is 0.0872. The summed E-state index contributed by atoms with van der Waals surface area (Å²) in [4.78, 5) is 2.28. The van der Waals surface area contributed by atoms with E-state index in [1.807, 2.05) is 6.92 Å². The molecule has 3 saturated heterocycles. The normalized spacial score (nSPS) is 28.7. The van der Waals surface area contributed by atoms with Crippen molar-refractivity contribution in [2.45, 2.75) is 50.2 Å². The zero-order chi connectivity index (χ0) is 28.1. The molecule has 0 saturated carbocycles. The Morgan fingerprint density at radius 1 is 0.658 bits per heavy atom. The summed E-state index contributed by atoms with van der Waals surface area (Å²) >= 11 is 0. The molecule has 2 bridgehead atoms. The largest absolute Gasteiger partial charge is 0.680 e. The van der Waals surface area contributed by atoms with Crippen molar-refractivity contribution < 1.29 is 53.7 Å². The second-order valence-corrected chi connectivity index (χ2v) is 17.6. The van der Waals surface area contributed by atoms with Crippen molar-refractivity contribution in [1.29, 1.82) is 0 Å². The van der Waals surface area contributed by atoms with Gasteiger partial charge in [-0.25, -0.2) is 0 Å². The topological polar surface area (TPSA) is 114 Å². The molecule has 0 aliphatic carbocycles. The van der Waals surface area contributed by atoms with Gasteiger partial charge in [-0.05, 0) is 19.8 Å². The van der Waals surface area contributed by atoms with E-state index in [1.165, 1.54) is 0 Å². The van der Waals surface area contributed by atoms with Gasteiger partial charge < -0.3 is 53.7 Å². The first-order chi connectivity index (χ1) is 18.3. The molecule has 0 aromatic heterocycles. The average molecular weight is 604 g/mol. The van der Waals surface area contributed by atoms with Gasteiger partial charge in [0.1, 0.15) is 0 Å². The molecule has 3 aliphatic rings. The van der Waals surface area contributed by atoms with Crippen molar-refractivity contribution in [3.63, 3.8) is 0 Å². The number of rotatable bonds is 19. The third kappa shape index (κ3) is 10.2. The lowest BCUT2D eigenvalue weighted by Gasteiger charge is -2.44. The standard InChI is InChI=1S/C22H49NO12Si3/c1-20-15-23-16-21(18-31-11-9-13-36(24-2,25-3)26-4)34-38(30-8,33-20)35-22(17-23)19-32-12-10-14-37(27-5,28-6)29-7/h20-22H,9-19H2,1-8H3. The van der Waals surface area contributed by atoms with E-state index in [2.05, 4.69) is 4.90 Å². The van der Waals surface area contributed by atoms with Gasteiger partial charge >= 0.3 is 26.7 Å². The van der Waals surface area contributed by atoms with Crippen molar-refractivity contribution in [3.8, 4) is 0 Å². The minimum Gasteiger partial charge on any atom is -0.379 e. The number of hydrogen-bond donors (Lipinski definition) is 0. The number of hydrogen-bond acceptors (Lipinski definition) is 13. The van der Waals surface area contributed by atoms with E-state index >= 15 is 0 Å². The van der Waals surface area contributed by atoms with E-state index in [0.29, 0.717) is 51.6 Å². The predicted molar refractivity (Wildman–Crippen MR) is 144 cm³/mol. The fraction of sp³-hybridized carbons (Fsp3) is 1.00. The Morgan fingerprint density at radius 3 is 1.45 bits per heavy atom. The van der Waals surface area contributed by atoms with E-state index < -0.39 is 26.7 Å². The molecule has 0 aromatic rings. The molecule has 3 unspecified atom stereocenters. The predicted octanol–water partition coefficient (Wildman–Crippen LogP) is 1.14. The first-order valence-corrected chi connectivity index (χ1v) is 18.5. The average Bonchev–Trinajstić information content (AvgIpc) is 2.91. The quantitative estimate of drug-likeness (QED) is 0.155. The summed E-state index contributed by atoms with van der Waals surface area (Å²) in [5.74, 6) is 0. The smallest absolute Gasteiger partial charge is 0.379 e. The zero-order valence-electron chi connectivity index (χ0n) is 24.4. The van der Waals surface area contributed by atoms with Crippen LogP contribution in [0.3, 0.4) is 0 Å². The van der Waals surface area contributed by atoms with Crippen LogP contribution in [0.2, 0.25) is 12.1 Å². The van der Waals surface area contributed by atoms with Crippen LogP contribution in [0, 0.1) is 0 Å². The molecule has 16 heteroatoms. The fourth-order valence-electron chi connectivity index (χ4n) is 4.65. The van der Waals surface area contributed by atoms with Gasteiger partial charge in [-0.3, -0.25) is 4.90 Å². The van der Waals surface area contributed by atoms with Gasteiger partial charge in [0.25, 0.3) is 0 Å². The molecule has 0 spiro atoms. The Labute approximate surface area is 231 Å². The number of fused-ring (bicyclic) bond motifs is 6. The molecule has 226 valence electrons. The van der Waals surface area contributed by atoms with Crippen molar-refractivity contribution in [1.82, 2.24) is 4.90 Å².